The van der Waals surface area contributed by atoms with Crippen LogP contribution in [0.25, 0.3) is 10.9 Å². The third kappa shape index (κ3) is 3.52. The summed E-state index contributed by atoms with van der Waals surface area (Å²) in [5, 5.41) is -0.0838. The number of nitrogens with zero attached hydrogens (tertiary/aromatic N) is 1. The Balaban J connectivity index is 1.99. The van der Waals surface area contributed by atoms with Crippen molar-refractivity contribution in [2.24, 2.45) is 0 Å². The number of pyridine rings is 1. The first-order valence-corrected chi connectivity index (χ1v) is 10.6. The third-order valence-corrected chi connectivity index (χ3v) is 6.69. The van der Waals surface area contributed by atoms with Gasteiger partial charge in [0.25, 0.3) is 0 Å². The number of aromatic nitrogens is 1. The minimum Gasteiger partial charge on any atom is -0.341 e. The van der Waals surface area contributed by atoms with Crippen molar-refractivity contribution in [2.75, 3.05) is 0 Å². The van der Waals surface area contributed by atoms with Crippen LogP contribution in [0.3, 0.4) is 0 Å². The molecule has 1 aromatic heterocycles. The molecule has 30 heavy (non-hydrogen) atoms. The van der Waals surface area contributed by atoms with Crippen LogP contribution in [-0.2, 0) is 16.4 Å². The fourth-order valence-electron chi connectivity index (χ4n) is 3.32. The van der Waals surface area contributed by atoms with Gasteiger partial charge in [-0.15, -0.1) is 0 Å². The summed E-state index contributed by atoms with van der Waals surface area (Å²) >= 11 is 0. The lowest BCUT2D eigenvalue weighted by Crippen LogP contribution is -2.20. The Hall–Kier alpha value is -3.32. The Morgan fingerprint density at radius 3 is 2.33 bits per heavy atom. The summed E-state index contributed by atoms with van der Waals surface area (Å²) in [6.45, 7) is 1.79. The zero-order valence-corrected chi connectivity index (χ0v) is 16.8. The summed E-state index contributed by atoms with van der Waals surface area (Å²) in [6.07, 6.45) is 1.20. The van der Waals surface area contributed by atoms with Crippen molar-refractivity contribution in [3.05, 3.63) is 106 Å². The molecule has 4 nitrogen and oxygen atoms in total. The van der Waals surface area contributed by atoms with Crippen molar-refractivity contribution in [2.45, 2.75) is 23.3 Å². The molecule has 0 spiro atoms. The molecule has 0 fully saturated rings. The molecule has 0 atom stereocenters. The molecule has 4 aromatic rings. The number of hydrogen-bond acceptors (Lipinski definition) is 3. The van der Waals surface area contributed by atoms with E-state index >= 15 is 0 Å². The third-order valence-electron chi connectivity index (χ3n) is 4.93. The molecule has 152 valence electrons. The van der Waals surface area contributed by atoms with E-state index in [1.54, 1.807) is 30.3 Å². The van der Waals surface area contributed by atoms with E-state index in [1.165, 1.54) is 41.1 Å². The summed E-state index contributed by atoms with van der Waals surface area (Å²) in [5.74, 6) is -1.13. The van der Waals surface area contributed by atoms with E-state index in [-0.39, 0.29) is 16.8 Å². The Bertz CT molecular complexity index is 1430. The van der Waals surface area contributed by atoms with Crippen LogP contribution in [0.15, 0.2) is 87.5 Å². The molecule has 0 aliphatic carbocycles. The van der Waals surface area contributed by atoms with Gasteiger partial charge in [-0.25, -0.2) is 17.2 Å². The topological polar surface area (TPSA) is 56.1 Å². The van der Waals surface area contributed by atoms with Crippen LogP contribution < -0.4 is 5.43 Å². The van der Waals surface area contributed by atoms with Gasteiger partial charge in [-0.1, -0.05) is 35.9 Å². The van der Waals surface area contributed by atoms with Gasteiger partial charge in [0.05, 0.1) is 17.0 Å². The van der Waals surface area contributed by atoms with E-state index in [0.29, 0.717) is 11.1 Å². The van der Waals surface area contributed by atoms with Crippen LogP contribution in [0.5, 0.6) is 0 Å². The summed E-state index contributed by atoms with van der Waals surface area (Å²) < 4.78 is 55.9. The highest BCUT2D eigenvalue weighted by Gasteiger charge is 2.24. The maximum Gasteiger partial charge on any atom is 0.211 e. The van der Waals surface area contributed by atoms with Crippen molar-refractivity contribution < 1.29 is 17.2 Å². The van der Waals surface area contributed by atoms with Gasteiger partial charge in [0.15, 0.2) is 0 Å². The molecule has 0 radical (unpaired) electrons. The van der Waals surface area contributed by atoms with E-state index in [0.717, 1.165) is 11.6 Å². The lowest BCUT2D eigenvalue weighted by atomic mass is 10.1. The molecular formula is C23H17F2NO3S. The summed E-state index contributed by atoms with van der Waals surface area (Å²) in [6, 6.07) is 15.7. The normalized spacial score (nSPS) is 11.7. The molecule has 0 unspecified atom stereocenters. The Morgan fingerprint density at radius 2 is 1.63 bits per heavy atom. The standard InChI is InChI=1S/C23H17F2NO3S/c1-15-6-9-18(10-7-15)30(28,29)22-14-26(13-16-4-2-3-5-20(16)25)21-11-8-17(24)12-19(21)23(22)27/h2-12,14H,13H2,1H3. The van der Waals surface area contributed by atoms with Crippen molar-refractivity contribution in [3.63, 3.8) is 0 Å². The molecule has 4 rings (SSSR count). The minimum absolute atomic E-state index is 0.0223. The highest BCUT2D eigenvalue weighted by atomic mass is 32.2. The van der Waals surface area contributed by atoms with Crippen LogP contribution in [0.2, 0.25) is 0 Å². The first kappa shape index (κ1) is 20.0. The number of benzene rings is 3. The molecule has 3 aromatic carbocycles. The van der Waals surface area contributed by atoms with Gasteiger partial charge in [0.2, 0.25) is 15.3 Å². The van der Waals surface area contributed by atoms with E-state index in [1.807, 2.05) is 6.92 Å². The predicted octanol–water partition coefficient (Wildman–Crippen LogP) is 4.47. The molecule has 0 amide bonds. The van der Waals surface area contributed by atoms with Gasteiger partial charge in [0, 0.05) is 17.1 Å². The molecular weight excluding hydrogens is 408 g/mol. The number of halogens is 2. The Kier molecular flexibility index (Phi) is 4.99. The number of hydrogen-bond donors (Lipinski definition) is 0. The second-order valence-electron chi connectivity index (χ2n) is 7.02. The highest BCUT2D eigenvalue weighted by Crippen LogP contribution is 2.23. The van der Waals surface area contributed by atoms with E-state index in [9.17, 15) is 22.0 Å². The van der Waals surface area contributed by atoms with Crippen LogP contribution in [0.4, 0.5) is 8.78 Å². The molecule has 0 saturated carbocycles. The monoisotopic (exact) mass is 425 g/mol. The summed E-state index contributed by atoms with van der Waals surface area (Å²) in [5.41, 5.74) is 0.694. The average Bonchev–Trinajstić information content (AvgIpc) is 2.72. The van der Waals surface area contributed by atoms with Gasteiger partial charge in [-0.05, 0) is 43.3 Å². The van der Waals surface area contributed by atoms with E-state index in [2.05, 4.69) is 0 Å². The Morgan fingerprint density at radius 1 is 0.933 bits per heavy atom. The maximum atomic E-state index is 14.2. The second-order valence-corrected chi connectivity index (χ2v) is 8.94. The molecule has 1 heterocycles. The average molecular weight is 425 g/mol. The van der Waals surface area contributed by atoms with Crippen molar-refractivity contribution >= 4 is 20.7 Å². The lowest BCUT2D eigenvalue weighted by Gasteiger charge is -2.15. The number of aryl methyl sites for hydroxylation is 1. The SMILES string of the molecule is Cc1ccc(S(=O)(=O)c2cn(Cc3ccccc3F)c3ccc(F)cc3c2=O)cc1. The van der Waals surface area contributed by atoms with Crippen molar-refractivity contribution in [1.82, 2.24) is 4.57 Å². The van der Waals surface area contributed by atoms with Gasteiger partial charge < -0.3 is 4.57 Å². The Labute approximate surface area is 172 Å². The number of sulfone groups is 1. The largest absolute Gasteiger partial charge is 0.341 e. The predicted molar refractivity (Wildman–Crippen MR) is 110 cm³/mol. The fourth-order valence-corrected chi connectivity index (χ4v) is 4.69. The molecule has 7 heteroatoms. The molecule has 0 saturated heterocycles. The zero-order chi connectivity index (χ0) is 21.5. The van der Waals surface area contributed by atoms with Crippen LogP contribution in [0, 0.1) is 18.6 Å². The van der Waals surface area contributed by atoms with Crippen LogP contribution in [0.1, 0.15) is 11.1 Å². The number of fused-ring (bicyclic) bond motifs is 1. The smallest absolute Gasteiger partial charge is 0.211 e. The van der Waals surface area contributed by atoms with Gasteiger partial charge in [0.1, 0.15) is 16.5 Å². The molecule has 0 bridgehead atoms. The zero-order valence-electron chi connectivity index (χ0n) is 16.0. The van der Waals surface area contributed by atoms with Crippen LogP contribution in [-0.4, -0.2) is 13.0 Å². The molecule has 0 N–H and O–H groups in total. The van der Waals surface area contributed by atoms with Crippen molar-refractivity contribution in [3.8, 4) is 0 Å². The fraction of sp³-hybridized carbons (Fsp3) is 0.0870. The summed E-state index contributed by atoms with van der Waals surface area (Å²) in [7, 11) is -4.17. The minimum atomic E-state index is -4.17. The second kappa shape index (κ2) is 7.50. The van der Waals surface area contributed by atoms with Crippen molar-refractivity contribution in [1.29, 1.82) is 0 Å². The first-order valence-electron chi connectivity index (χ1n) is 9.15. The van der Waals surface area contributed by atoms with E-state index in [4.69, 9.17) is 0 Å². The first-order chi connectivity index (χ1) is 14.3. The quantitative estimate of drug-likeness (QED) is 0.485. The summed E-state index contributed by atoms with van der Waals surface area (Å²) in [4.78, 5) is 12.5. The van der Waals surface area contributed by atoms with Gasteiger partial charge in [-0.2, -0.15) is 0 Å². The van der Waals surface area contributed by atoms with Crippen LogP contribution >= 0.6 is 0 Å². The van der Waals surface area contributed by atoms with Gasteiger partial charge in [-0.3, -0.25) is 4.79 Å². The van der Waals surface area contributed by atoms with E-state index < -0.39 is 31.8 Å². The lowest BCUT2D eigenvalue weighted by molar-refractivity contribution is 0.591. The number of rotatable bonds is 4. The maximum absolute atomic E-state index is 14.2. The van der Waals surface area contributed by atoms with Gasteiger partial charge >= 0.3 is 0 Å². The highest BCUT2D eigenvalue weighted by molar-refractivity contribution is 7.91. The molecule has 0 aliphatic heterocycles. The molecule has 0 aliphatic rings.